The monoisotopic (exact) mass is 300 g/mol. The number of terminal acetylenes is 1. The molecule has 1 amide bonds. The zero-order valence-electron chi connectivity index (χ0n) is 10.7. The van der Waals surface area contributed by atoms with Crippen LogP contribution in [0, 0.1) is 22.5 Å². The fourth-order valence-electron chi connectivity index (χ4n) is 1.77. The minimum atomic E-state index is -0.665. The summed E-state index contributed by atoms with van der Waals surface area (Å²) in [4.78, 5) is 22.5. The molecule has 0 saturated carbocycles. The van der Waals surface area contributed by atoms with E-state index in [1.807, 2.05) is 0 Å². The second-order valence-electron chi connectivity index (χ2n) is 4.07. The van der Waals surface area contributed by atoms with Crippen LogP contribution in [0.4, 0.5) is 11.4 Å². The summed E-state index contributed by atoms with van der Waals surface area (Å²) >= 11 is 5.90. The minimum Gasteiger partial charge on any atom is -0.322 e. The second kappa shape index (κ2) is 6.07. The minimum absolute atomic E-state index is 0.00908. The van der Waals surface area contributed by atoms with Crippen molar-refractivity contribution in [2.75, 3.05) is 5.32 Å². The van der Waals surface area contributed by atoms with E-state index >= 15 is 0 Å². The summed E-state index contributed by atoms with van der Waals surface area (Å²) in [5.41, 5.74) is 0.481. The standard InChI is InChI=1S/C15H9ClN2O3/c1-2-10-5-3-6-11(9-10)17-15(19)14-12(16)7-4-8-13(14)18(20)21/h1,3-9H,(H,17,19). The van der Waals surface area contributed by atoms with Crippen molar-refractivity contribution in [1.82, 2.24) is 0 Å². The Hall–Kier alpha value is -2.84. The first kappa shape index (κ1) is 14.6. The highest BCUT2D eigenvalue weighted by molar-refractivity contribution is 6.35. The molecule has 0 radical (unpaired) electrons. The third kappa shape index (κ3) is 3.19. The number of amides is 1. The van der Waals surface area contributed by atoms with Crippen molar-refractivity contribution in [3.8, 4) is 12.3 Å². The van der Waals surface area contributed by atoms with Crippen LogP contribution in [0.25, 0.3) is 0 Å². The van der Waals surface area contributed by atoms with E-state index in [-0.39, 0.29) is 16.3 Å². The second-order valence-corrected chi connectivity index (χ2v) is 4.48. The zero-order valence-corrected chi connectivity index (χ0v) is 11.4. The lowest BCUT2D eigenvalue weighted by atomic mass is 10.1. The first-order valence-corrected chi connectivity index (χ1v) is 6.21. The number of nitrogens with zero attached hydrogens (tertiary/aromatic N) is 1. The zero-order chi connectivity index (χ0) is 15.4. The molecule has 0 saturated heterocycles. The van der Waals surface area contributed by atoms with E-state index in [1.54, 1.807) is 24.3 Å². The number of rotatable bonds is 3. The van der Waals surface area contributed by atoms with Crippen molar-refractivity contribution in [2.45, 2.75) is 0 Å². The number of anilines is 1. The number of halogens is 1. The fourth-order valence-corrected chi connectivity index (χ4v) is 2.03. The summed E-state index contributed by atoms with van der Waals surface area (Å²) in [5, 5.41) is 13.5. The summed E-state index contributed by atoms with van der Waals surface area (Å²) in [6.45, 7) is 0. The number of nitrogens with one attached hydrogen (secondary N) is 1. The molecule has 0 aliphatic rings. The van der Waals surface area contributed by atoms with Gasteiger partial charge in [0.1, 0.15) is 5.56 Å². The number of benzene rings is 2. The van der Waals surface area contributed by atoms with Crippen molar-refractivity contribution in [1.29, 1.82) is 0 Å². The third-order valence-electron chi connectivity index (χ3n) is 2.70. The quantitative estimate of drug-likeness (QED) is 0.536. The van der Waals surface area contributed by atoms with Crippen molar-refractivity contribution < 1.29 is 9.72 Å². The van der Waals surface area contributed by atoms with Crippen molar-refractivity contribution in [3.05, 3.63) is 68.7 Å². The van der Waals surface area contributed by atoms with Crippen molar-refractivity contribution >= 4 is 28.9 Å². The van der Waals surface area contributed by atoms with Gasteiger partial charge in [-0.1, -0.05) is 29.7 Å². The first-order chi connectivity index (χ1) is 10.0. The molecule has 104 valence electrons. The van der Waals surface area contributed by atoms with E-state index in [1.165, 1.54) is 18.2 Å². The van der Waals surface area contributed by atoms with Crippen LogP contribution in [0.15, 0.2) is 42.5 Å². The molecular weight excluding hydrogens is 292 g/mol. The summed E-state index contributed by atoms with van der Waals surface area (Å²) < 4.78 is 0. The number of hydrogen-bond donors (Lipinski definition) is 1. The number of hydrogen-bond acceptors (Lipinski definition) is 3. The van der Waals surface area contributed by atoms with Gasteiger partial charge in [0, 0.05) is 17.3 Å². The molecule has 5 nitrogen and oxygen atoms in total. The molecule has 2 rings (SSSR count). The Bertz CT molecular complexity index is 766. The maximum absolute atomic E-state index is 12.2. The highest BCUT2D eigenvalue weighted by Crippen LogP contribution is 2.27. The Morgan fingerprint density at radius 3 is 2.67 bits per heavy atom. The van der Waals surface area contributed by atoms with Gasteiger partial charge in [-0.15, -0.1) is 6.42 Å². The topological polar surface area (TPSA) is 72.2 Å². The average molecular weight is 301 g/mol. The van der Waals surface area contributed by atoms with Crippen LogP contribution in [-0.4, -0.2) is 10.8 Å². The predicted molar refractivity (Wildman–Crippen MR) is 80.4 cm³/mol. The van der Waals surface area contributed by atoms with Crippen LogP contribution in [0.3, 0.4) is 0 Å². The smallest absolute Gasteiger partial charge is 0.283 e. The van der Waals surface area contributed by atoms with Gasteiger partial charge in [0.2, 0.25) is 0 Å². The van der Waals surface area contributed by atoms with Gasteiger partial charge in [-0.3, -0.25) is 14.9 Å². The van der Waals surface area contributed by atoms with Gasteiger partial charge in [0.05, 0.1) is 9.95 Å². The van der Waals surface area contributed by atoms with Crippen LogP contribution in [0.1, 0.15) is 15.9 Å². The Balaban J connectivity index is 2.37. The van der Waals surface area contributed by atoms with Gasteiger partial charge in [-0.25, -0.2) is 0 Å². The summed E-state index contributed by atoms with van der Waals surface area (Å²) in [5.74, 6) is 1.77. The van der Waals surface area contributed by atoms with Crippen LogP contribution in [0.2, 0.25) is 5.02 Å². The maximum Gasteiger partial charge on any atom is 0.283 e. The van der Waals surface area contributed by atoms with Crippen LogP contribution < -0.4 is 5.32 Å². The summed E-state index contributed by atoms with van der Waals surface area (Å²) in [7, 11) is 0. The molecule has 1 N–H and O–H groups in total. The molecule has 0 aliphatic carbocycles. The van der Waals surface area contributed by atoms with E-state index in [0.717, 1.165) is 0 Å². The lowest BCUT2D eigenvalue weighted by Crippen LogP contribution is -2.14. The van der Waals surface area contributed by atoms with Crippen LogP contribution in [0.5, 0.6) is 0 Å². The van der Waals surface area contributed by atoms with Gasteiger partial charge in [0.25, 0.3) is 11.6 Å². The summed E-state index contributed by atoms with van der Waals surface area (Å²) in [6.07, 6.45) is 5.28. The fraction of sp³-hybridized carbons (Fsp3) is 0. The molecule has 0 heterocycles. The molecule has 0 fully saturated rings. The van der Waals surface area contributed by atoms with Gasteiger partial charge in [-0.05, 0) is 24.3 Å². The SMILES string of the molecule is C#Cc1cccc(NC(=O)c2c(Cl)cccc2[N+](=O)[O-])c1. The van der Waals surface area contributed by atoms with Crippen molar-refractivity contribution in [2.24, 2.45) is 0 Å². The highest BCUT2D eigenvalue weighted by atomic mass is 35.5. The normalized spacial score (nSPS) is 9.71. The van der Waals surface area contributed by atoms with E-state index < -0.39 is 10.8 Å². The van der Waals surface area contributed by atoms with E-state index in [9.17, 15) is 14.9 Å². The van der Waals surface area contributed by atoms with E-state index in [0.29, 0.717) is 11.3 Å². The Labute approximate surface area is 125 Å². The van der Waals surface area contributed by atoms with E-state index in [2.05, 4.69) is 11.2 Å². The molecule has 0 aromatic heterocycles. The van der Waals surface area contributed by atoms with Gasteiger partial charge >= 0.3 is 0 Å². The average Bonchev–Trinajstić information content (AvgIpc) is 2.46. The molecular formula is C15H9ClN2O3. The number of carbonyl (C=O) groups is 1. The molecule has 0 unspecified atom stereocenters. The maximum atomic E-state index is 12.2. The molecule has 21 heavy (non-hydrogen) atoms. The Morgan fingerprint density at radius 2 is 2.00 bits per heavy atom. The Kier molecular flexibility index (Phi) is 4.21. The molecule has 6 heteroatoms. The first-order valence-electron chi connectivity index (χ1n) is 5.84. The van der Waals surface area contributed by atoms with Gasteiger partial charge in [0.15, 0.2) is 0 Å². The van der Waals surface area contributed by atoms with Crippen molar-refractivity contribution in [3.63, 3.8) is 0 Å². The number of carbonyl (C=O) groups excluding carboxylic acids is 1. The van der Waals surface area contributed by atoms with E-state index in [4.69, 9.17) is 18.0 Å². The number of nitro groups is 1. The van der Waals surface area contributed by atoms with Crippen LogP contribution in [-0.2, 0) is 0 Å². The Morgan fingerprint density at radius 1 is 1.29 bits per heavy atom. The van der Waals surface area contributed by atoms with Crippen LogP contribution >= 0.6 is 11.6 Å². The van der Waals surface area contributed by atoms with Gasteiger partial charge < -0.3 is 5.32 Å². The summed E-state index contributed by atoms with van der Waals surface area (Å²) in [6, 6.07) is 10.6. The third-order valence-corrected chi connectivity index (χ3v) is 3.02. The molecule has 2 aromatic carbocycles. The van der Waals surface area contributed by atoms with Gasteiger partial charge in [-0.2, -0.15) is 0 Å². The predicted octanol–water partition coefficient (Wildman–Crippen LogP) is 3.48. The highest BCUT2D eigenvalue weighted by Gasteiger charge is 2.23. The molecule has 0 atom stereocenters. The number of nitro benzene ring substituents is 1. The molecule has 0 bridgehead atoms. The molecule has 0 spiro atoms. The lowest BCUT2D eigenvalue weighted by molar-refractivity contribution is -0.385. The largest absolute Gasteiger partial charge is 0.322 e. The lowest BCUT2D eigenvalue weighted by Gasteiger charge is -2.07. The molecule has 2 aromatic rings. The molecule has 0 aliphatic heterocycles.